The molecule has 2 rings (SSSR count). The van der Waals surface area contributed by atoms with Crippen LogP contribution in [-0.4, -0.2) is 9.55 Å². The number of aryl methyl sites for hydroxylation is 1. The zero-order chi connectivity index (χ0) is 13.3. The average molecular weight is 312 g/mol. The largest absolute Gasteiger partial charge is 0.383 e. The first-order valence-corrected chi connectivity index (χ1v) is 6.68. The first kappa shape index (κ1) is 13.1. The number of rotatable bonds is 3. The summed E-state index contributed by atoms with van der Waals surface area (Å²) in [5.41, 5.74) is 7.64. The monoisotopic (exact) mass is 311 g/mol. The molecule has 0 aliphatic carbocycles. The van der Waals surface area contributed by atoms with Crippen LogP contribution in [0, 0.1) is 5.82 Å². The molecule has 96 valence electrons. The highest BCUT2D eigenvalue weighted by Gasteiger charge is 2.14. The normalized spacial score (nSPS) is 10.9. The van der Waals surface area contributed by atoms with Gasteiger partial charge in [-0.05, 0) is 41.1 Å². The van der Waals surface area contributed by atoms with Crippen molar-refractivity contribution in [3.63, 3.8) is 0 Å². The van der Waals surface area contributed by atoms with E-state index in [0.717, 1.165) is 30.0 Å². The van der Waals surface area contributed by atoms with Crippen LogP contribution in [0.25, 0.3) is 11.3 Å². The summed E-state index contributed by atoms with van der Waals surface area (Å²) in [5, 5.41) is 0. The van der Waals surface area contributed by atoms with E-state index < -0.39 is 0 Å². The summed E-state index contributed by atoms with van der Waals surface area (Å²) in [4.78, 5) is 4.53. The van der Waals surface area contributed by atoms with Gasteiger partial charge in [0.1, 0.15) is 23.2 Å². The second-order valence-corrected chi connectivity index (χ2v) is 4.84. The van der Waals surface area contributed by atoms with E-state index in [4.69, 9.17) is 5.73 Å². The maximum Gasteiger partial charge on any atom is 0.137 e. The average Bonchev–Trinajstić information content (AvgIpc) is 2.69. The summed E-state index contributed by atoms with van der Waals surface area (Å²) >= 11 is 3.18. The SMILES string of the molecule is CCc1nc(-c2ccc(F)c(Br)c2)c(N)n1CC. The van der Waals surface area contributed by atoms with Crippen molar-refractivity contribution in [1.82, 2.24) is 9.55 Å². The number of aromatic nitrogens is 2. The Balaban J connectivity index is 2.56. The predicted molar refractivity (Wildman–Crippen MR) is 74.8 cm³/mol. The molecule has 2 N–H and O–H groups in total. The van der Waals surface area contributed by atoms with Gasteiger partial charge in [-0.15, -0.1) is 0 Å². The number of benzene rings is 1. The fourth-order valence-corrected chi connectivity index (χ4v) is 2.37. The highest BCUT2D eigenvalue weighted by Crippen LogP contribution is 2.29. The van der Waals surface area contributed by atoms with Crippen molar-refractivity contribution in [2.24, 2.45) is 0 Å². The first-order valence-electron chi connectivity index (χ1n) is 5.88. The van der Waals surface area contributed by atoms with Gasteiger partial charge >= 0.3 is 0 Å². The molecule has 0 aliphatic heterocycles. The number of nitrogen functional groups attached to an aromatic ring is 1. The van der Waals surface area contributed by atoms with Crippen LogP contribution in [0.3, 0.4) is 0 Å². The van der Waals surface area contributed by atoms with Gasteiger partial charge in [0, 0.05) is 18.5 Å². The summed E-state index contributed by atoms with van der Waals surface area (Å²) in [6.45, 7) is 4.85. The highest BCUT2D eigenvalue weighted by molar-refractivity contribution is 9.10. The lowest BCUT2D eigenvalue weighted by molar-refractivity contribution is 0.621. The maximum absolute atomic E-state index is 13.2. The lowest BCUT2D eigenvalue weighted by Gasteiger charge is -2.05. The first-order chi connectivity index (χ1) is 8.58. The molecule has 1 heterocycles. The third-order valence-corrected chi connectivity index (χ3v) is 3.52. The van der Waals surface area contributed by atoms with Gasteiger partial charge in [-0.2, -0.15) is 0 Å². The van der Waals surface area contributed by atoms with Crippen molar-refractivity contribution in [2.45, 2.75) is 26.8 Å². The Bertz CT molecular complexity index is 578. The summed E-state index contributed by atoms with van der Waals surface area (Å²) in [6, 6.07) is 4.81. The molecular formula is C13H15BrFN3. The number of hydrogen-bond donors (Lipinski definition) is 1. The van der Waals surface area contributed by atoms with Crippen LogP contribution in [0.2, 0.25) is 0 Å². The Morgan fingerprint density at radius 2 is 2.11 bits per heavy atom. The molecule has 5 heteroatoms. The molecule has 0 spiro atoms. The number of hydrogen-bond acceptors (Lipinski definition) is 2. The third kappa shape index (κ3) is 2.14. The molecule has 0 radical (unpaired) electrons. The Morgan fingerprint density at radius 3 is 2.61 bits per heavy atom. The number of imidazole rings is 1. The van der Waals surface area contributed by atoms with E-state index in [1.54, 1.807) is 12.1 Å². The molecule has 0 amide bonds. The Hall–Kier alpha value is -1.36. The van der Waals surface area contributed by atoms with Crippen LogP contribution in [0.5, 0.6) is 0 Å². The number of anilines is 1. The van der Waals surface area contributed by atoms with E-state index in [2.05, 4.69) is 20.9 Å². The van der Waals surface area contributed by atoms with E-state index >= 15 is 0 Å². The summed E-state index contributed by atoms with van der Waals surface area (Å²) < 4.78 is 15.6. The molecule has 18 heavy (non-hydrogen) atoms. The van der Waals surface area contributed by atoms with Gasteiger partial charge in [0.25, 0.3) is 0 Å². The van der Waals surface area contributed by atoms with E-state index in [9.17, 15) is 4.39 Å². The molecule has 1 aromatic carbocycles. The van der Waals surface area contributed by atoms with E-state index in [0.29, 0.717) is 10.3 Å². The third-order valence-electron chi connectivity index (χ3n) is 2.91. The van der Waals surface area contributed by atoms with Gasteiger partial charge in [0.05, 0.1) is 4.47 Å². The minimum atomic E-state index is -0.289. The summed E-state index contributed by atoms with van der Waals surface area (Å²) in [7, 11) is 0. The quantitative estimate of drug-likeness (QED) is 0.941. The van der Waals surface area contributed by atoms with E-state index in [1.807, 2.05) is 18.4 Å². The Morgan fingerprint density at radius 1 is 1.39 bits per heavy atom. The van der Waals surface area contributed by atoms with Crippen molar-refractivity contribution < 1.29 is 4.39 Å². The zero-order valence-electron chi connectivity index (χ0n) is 10.4. The van der Waals surface area contributed by atoms with Crippen molar-refractivity contribution in [2.75, 3.05) is 5.73 Å². The standard InChI is InChI=1S/C13H15BrFN3/c1-3-11-17-12(13(16)18(11)4-2)8-5-6-10(15)9(14)7-8/h5-7H,3-4,16H2,1-2H3. The second kappa shape index (κ2) is 5.10. The van der Waals surface area contributed by atoms with Gasteiger partial charge in [-0.3, -0.25) is 0 Å². The van der Waals surface area contributed by atoms with Gasteiger partial charge < -0.3 is 10.3 Å². The molecule has 0 atom stereocenters. The zero-order valence-corrected chi connectivity index (χ0v) is 12.0. The van der Waals surface area contributed by atoms with Gasteiger partial charge in [0.2, 0.25) is 0 Å². The minimum Gasteiger partial charge on any atom is -0.383 e. The Labute approximate surface area is 114 Å². The molecule has 0 unspecified atom stereocenters. The number of nitrogens with two attached hydrogens (primary N) is 1. The van der Waals surface area contributed by atoms with Crippen molar-refractivity contribution >= 4 is 21.7 Å². The second-order valence-electron chi connectivity index (χ2n) is 3.99. The van der Waals surface area contributed by atoms with Crippen LogP contribution >= 0.6 is 15.9 Å². The Kier molecular flexibility index (Phi) is 3.71. The summed E-state index contributed by atoms with van der Waals surface area (Å²) in [6.07, 6.45) is 0.820. The smallest absolute Gasteiger partial charge is 0.137 e. The van der Waals surface area contributed by atoms with Gasteiger partial charge in [-0.1, -0.05) is 6.92 Å². The van der Waals surface area contributed by atoms with E-state index in [1.165, 1.54) is 6.07 Å². The van der Waals surface area contributed by atoms with Crippen molar-refractivity contribution in [3.8, 4) is 11.3 Å². The van der Waals surface area contributed by atoms with Gasteiger partial charge in [-0.25, -0.2) is 9.37 Å². The molecule has 1 aromatic heterocycles. The van der Waals surface area contributed by atoms with Crippen molar-refractivity contribution in [3.05, 3.63) is 34.3 Å². The predicted octanol–water partition coefficient (Wildman–Crippen LogP) is 3.62. The topological polar surface area (TPSA) is 43.8 Å². The van der Waals surface area contributed by atoms with Crippen LogP contribution in [0.1, 0.15) is 19.7 Å². The lowest BCUT2D eigenvalue weighted by atomic mass is 10.1. The minimum absolute atomic E-state index is 0.289. The fraction of sp³-hybridized carbons (Fsp3) is 0.308. The molecule has 0 saturated carbocycles. The summed E-state index contributed by atoms with van der Waals surface area (Å²) in [5.74, 6) is 1.29. The highest BCUT2D eigenvalue weighted by atomic mass is 79.9. The van der Waals surface area contributed by atoms with Crippen LogP contribution in [-0.2, 0) is 13.0 Å². The molecule has 0 bridgehead atoms. The van der Waals surface area contributed by atoms with Crippen molar-refractivity contribution in [1.29, 1.82) is 0 Å². The fourth-order valence-electron chi connectivity index (χ4n) is 1.99. The molecule has 0 aliphatic rings. The molecule has 2 aromatic rings. The molecule has 0 fully saturated rings. The molecular weight excluding hydrogens is 297 g/mol. The molecule has 3 nitrogen and oxygen atoms in total. The number of nitrogens with zero attached hydrogens (tertiary/aromatic N) is 2. The molecule has 0 saturated heterocycles. The lowest BCUT2D eigenvalue weighted by Crippen LogP contribution is -2.04. The number of halogens is 2. The van der Waals surface area contributed by atoms with Crippen LogP contribution < -0.4 is 5.73 Å². The maximum atomic E-state index is 13.2. The van der Waals surface area contributed by atoms with Gasteiger partial charge in [0.15, 0.2) is 0 Å². The van der Waals surface area contributed by atoms with Crippen LogP contribution in [0.4, 0.5) is 10.2 Å². The van der Waals surface area contributed by atoms with E-state index in [-0.39, 0.29) is 5.82 Å². The van der Waals surface area contributed by atoms with Crippen LogP contribution in [0.15, 0.2) is 22.7 Å².